The van der Waals surface area contributed by atoms with Gasteiger partial charge in [-0.1, -0.05) is 0 Å². The van der Waals surface area contributed by atoms with Gasteiger partial charge >= 0.3 is 5.97 Å². The van der Waals surface area contributed by atoms with Crippen molar-refractivity contribution in [1.29, 1.82) is 0 Å². The predicted octanol–water partition coefficient (Wildman–Crippen LogP) is 2.24. The summed E-state index contributed by atoms with van der Waals surface area (Å²) in [5, 5.41) is 11.1. The maximum atomic E-state index is 10.3. The first-order chi connectivity index (χ1) is 7.25. The van der Waals surface area contributed by atoms with Gasteiger partial charge in [0.1, 0.15) is 5.01 Å². The van der Waals surface area contributed by atoms with Gasteiger partial charge in [-0.05, 0) is 18.2 Å². The topological polar surface area (TPSA) is 66.0 Å². The molecule has 2 aromatic heterocycles. The van der Waals surface area contributed by atoms with Gasteiger partial charge in [-0.3, -0.25) is 0 Å². The fourth-order valence-electron chi connectivity index (χ4n) is 1.11. The van der Waals surface area contributed by atoms with E-state index in [2.05, 4.69) is 9.97 Å². The summed E-state index contributed by atoms with van der Waals surface area (Å²) in [6.07, 6.45) is 4.38. The van der Waals surface area contributed by atoms with Crippen molar-refractivity contribution in [2.24, 2.45) is 0 Å². The molecule has 0 bridgehead atoms. The third-order valence-electron chi connectivity index (χ3n) is 1.75. The van der Waals surface area contributed by atoms with Crippen LogP contribution in [0.25, 0.3) is 16.8 Å². The molecule has 0 saturated carbocycles. The number of aromatic amines is 1. The van der Waals surface area contributed by atoms with Gasteiger partial charge in [-0.25, -0.2) is 9.78 Å². The number of carboxylic acids is 1. The van der Waals surface area contributed by atoms with Gasteiger partial charge in [0.05, 0.1) is 11.4 Å². The lowest BCUT2D eigenvalue weighted by molar-refractivity contribution is -0.131. The van der Waals surface area contributed by atoms with E-state index >= 15 is 0 Å². The normalized spacial score (nSPS) is 10.9. The van der Waals surface area contributed by atoms with Crippen LogP contribution < -0.4 is 0 Å². The first-order valence-electron chi connectivity index (χ1n) is 4.26. The molecule has 0 aliphatic heterocycles. The SMILES string of the molecule is O=C(O)/C=C/c1csc(-c2ccc[nH]2)n1. The number of thiazole rings is 1. The van der Waals surface area contributed by atoms with Crippen LogP contribution in [0.4, 0.5) is 0 Å². The fraction of sp³-hybridized carbons (Fsp3) is 0. The number of hydrogen-bond donors (Lipinski definition) is 2. The zero-order valence-corrected chi connectivity index (χ0v) is 8.49. The quantitative estimate of drug-likeness (QED) is 0.779. The number of carboxylic acid groups (broad SMARTS) is 1. The van der Waals surface area contributed by atoms with E-state index in [1.807, 2.05) is 23.7 Å². The number of carbonyl (C=O) groups is 1. The van der Waals surface area contributed by atoms with Gasteiger partial charge in [0.2, 0.25) is 0 Å². The van der Waals surface area contributed by atoms with Crippen molar-refractivity contribution >= 4 is 23.4 Å². The molecule has 0 fully saturated rings. The maximum Gasteiger partial charge on any atom is 0.328 e. The van der Waals surface area contributed by atoms with Crippen molar-refractivity contribution in [2.45, 2.75) is 0 Å². The minimum atomic E-state index is -0.968. The first kappa shape index (κ1) is 9.67. The van der Waals surface area contributed by atoms with Crippen LogP contribution in [-0.4, -0.2) is 21.0 Å². The highest BCUT2D eigenvalue weighted by Crippen LogP contribution is 2.22. The molecule has 2 aromatic rings. The average Bonchev–Trinajstić information content (AvgIpc) is 2.85. The Morgan fingerprint density at radius 2 is 2.47 bits per heavy atom. The molecule has 0 spiro atoms. The summed E-state index contributed by atoms with van der Waals surface area (Å²) in [5.41, 5.74) is 1.60. The van der Waals surface area contributed by atoms with Gasteiger partial charge < -0.3 is 10.1 Å². The molecule has 5 heteroatoms. The van der Waals surface area contributed by atoms with E-state index in [1.54, 1.807) is 0 Å². The van der Waals surface area contributed by atoms with Gasteiger partial charge in [0.15, 0.2) is 0 Å². The summed E-state index contributed by atoms with van der Waals surface area (Å²) in [4.78, 5) is 17.6. The molecule has 0 amide bonds. The second kappa shape index (κ2) is 4.10. The van der Waals surface area contributed by atoms with Gasteiger partial charge in [-0.2, -0.15) is 0 Å². The molecule has 0 atom stereocenters. The summed E-state index contributed by atoms with van der Waals surface area (Å²) in [6.45, 7) is 0. The summed E-state index contributed by atoms with van der Waals surface area (Å²) in [5.74, 6) is -0.968. The van der Waals surface area contributed by atoms with Crippen LogP contribution in [0.15, 0.2) is 29.8 Å². The maximum absolute atomic E-state index is 10.3. The van der Waals surface area contributed by atoms with Crippen LogP contribution in [0.2, 0.25) is 0 Å². The lowest BCUT2D eigenvalue weighted by atomic mass is 10.4. The van der Waals surface area contributed by atoms with E-state index < -0.39 is 5.97 Å². The number of nitrogens with one attached hydrogen (secondary N) is 1. The second-order valence-electron chi connectivity index (χ2n) is 2.83. The fourth-order valence-corrected chi connectivity index (χ4v) is 1.88. The van der Waals surface area contributed by atoms with Gasteiger partial charge in [0.25, 0.3) is 0 Å². The van der Waals surface area contributed by atoms with Crippen molar-refractivity contribution in [3.8, 4) is 10.7 Å². The first-order valence-corrected chi connectivity index (χ1v) is 5.14. The van der Waals surface area contributed by atoms with Crippen molar-refractivity contribution in [3.63, 3.8) is 0 Å². The zero-order chi connectivity index (χ0) is 10.7. The summed E-state index contributed by atoms with van der Waals surface area (Å²) in [7, 11) is 0. The van der Waals surface area contributed by atoms with Crippen molar-refractivity contribution < 1.29 is 9.90 Å². The van der Waals surface area contributed by atoms with Gasteiger partial charge in [0, 0.05) is 17.7 Å². The van der Waals surface area contributed by atoms with Crippen LogP contribution in [0.5, 0.6) is 0 Å². The van der Waals surface area contributed by atoms with E-state index in [0.29, 0.717) is 5.69 Å². The zero-order valence-electron chi connectivity index (χ0n) is 7.68. The van der Waals surface area contributed by atoms with Crippen molar-refractivity contribution in [2.75, 3.05) is 0 Å². The standard InChI is InChI=1S/C10H8N2O2S/c13-9(14)4-3-7-6-15-10(12-7)8-2-1-5-11-8/h1-6,11H,(H,13,14)/b4-3+. The molecule has 15 heavy (non-hydrogen) atoms. The Morgan fingerprint density at radius 3 is 3.13 bits per heavy atom. The van der Waals surface area contributed by atoms with Crippen LogP contribution >= 0.6 is 11.3 Å². The summed E-state index contributed by atoms with van der Waals surface area (Å²) >= 11 is 1.47. The van der Waals surface area contributed by atoms with Crippen LogP contribution in [0.1, 0.15) is 5.69 Å². The largest absolute Gasteiger partial charge is 0.478 e. The van der Waals surface area contributed by atoms with E-state index in [0.717, 1.165) is 16.8 Å². The summed E-state index contributed by atoms with van der Waals surface area (Å²) < 4.78 is 0. The lowest BCUT2D eigenvalue weighted by Gasteiger charge is -1.87. The minimum Gasteiger partial charge on any atom is -0.478 e. The minimum absolute atomic E-state index is 0.659. The van der Waals surface area contributed by atoms with E-state index in [1.165, 1.54) is 17.4 Å². The third kappa shape index (κ3) is 2.32. The highest BCUT2D eigenvalue weighted by Gasteiger charge is 2.02. The number of aromatic nitrogens is 2. The molecule has 2 heterocycles. The highest BCUT2D eigenvalue weighted by molar-refractivity contribution is 7.13. The molecule has 0 aromatic carbocycles. The number of rotatable bonds is 3. The number of hydrogen-bond acceptors (Lipinski definition) is 3. The number of aliphatic carboxylic acids is 1. The monoisotopic (exact) mass is 220 g/mol. The number of nitrogens with zero attached hydrogens (tertiary/aromatic N) is 1. The van der Waals surface area contributed by atoms with Crippen LogP contribution in [-0.2, 0) is 4.79 Å². The van der Waals surface area contributed by atoms with Crippen LogP contribution in [0, 0.1) is 0 Å². The van der Waals surface area contributed by atoms with E-state index in [4.69, 9.17) is 5.11 Å². The molecule has 0 radical (unpaired) electrons. The van der Waals surface area contributed by atoms with Crippen LogP contribution in [0.3, 0.4) is 0 Å². The predicted molar refractivity (Wildman–Crippen MR) is 58.6 cm³/mol. The Labute approximate surface area is 89.9 Å². The van der Waals surface area contributed by atoms with Crippen molar-refractivity contribution in [1.82, 2.24) is 9.97 Å². The second-order valence-corrected chi connectivity index (χ2v) is 3.69. The molecule has 2 rings (SSSR count). The molecule has 0 saturated heterocycles. The molecular weight excluding hydrogens is 212 g/mol. The molecular formula is C10H8N2O2S. The Hall–Kier alpha value is -1.88. The molecule has 2 N–H and O–H groups in total. The molecule has 4 nitrogen and oxygen atoms in total. The Morgan fingerprint density at radius 1 is 1.60 bits per heavy atom. The molecule has 0 aliphatic rings. The highest BCUT2D eigenvalue weighted by atomic mass is 32.1. The summed E-state index contributed by atoms with van der Waals surface area (Å²) in [6, 6.07) is 3.81. The smallest absolute Gasteiger partial charge is 0.328 e. The Kier molecular flexibility index (Phi) is 2.64. The van der Waals surface area contributed by atoms with Crippen molar-refractivity contribution in [3.05, 3.63) is 35.5 Å². The lowest BCUT2D eigenvalue weighted by Crippen LogP contribution is -1.85. The molecule has 0 aliphatic carbocycles. The van der Waals surface area contributed by atoms with E-state index in [-0.39, 0.29) is 0 Å². The van der Waals surface area contributed by atoms with E-state index in [9.17, 15) is 4.79 Å². The van der Waals surface area contributed by atoms with Gasteiger partial charge in [-0.15, -0.1) is 11.3 Å². The molecule has 0 unspecified atom stereocenters. The molecule has 76 valence electrons. The Bertz CT molecular complexity index is 485. The Balaban J connectivity index is 2.21. The third-order valence-corrected chi connectivity index (χ3v) is 2.64. The average molecular weight is 220 g/mol. The number of H-pyrrole nitrogens is 1.